The topological polar surface area (TPSA) is 59.2 Å². The van der Waals surface area contributed by atoms with Crippen LogP contribution in [0.15, 0.2) is 5.38 Å². The zero-order valence-corrected chi connectivity index (χ0v) is 12.9. The van der Waals surface area contributed by atoms with Gasteiger partial charge in [0.1, 0.15) is 10.7 Å². The van der Waals surface area contributed by atoms with Crippen molar-refractivity contribution >= 4 is 29.7 Å². The Bertz CT molecular complexity index is 408. The van der Waals surface area contributed by atoms with Crippen molar-refractivity contribution in [2.24, 2.45) is 5.73 Å². The maximum Gasteiger partial charge on any atom is 0.273 e. The van der Waals surface area contributed by atoms with E-state index >= 15 is 0 Å². The van der Waals surface area contributed by atoms with Crippen molar-refractivity contribution in [1.29, 1.82) is 0 Å². The number of amides is 1. The summed E-state index contributed by atoms with van der Waals surface area (Å²) in [6, 6.07) is 0.402. The largest absolute Gasteiger partial charge is 0.334 e. The molecule has 1 amide bonds. The number of halogens is 1. The Balaban J connectivity index is 0.00000180. The summed E-state index contributed by atoms with van der Waals surface area (Å²) in [5.74, 6) is 0.0871. The first-order valence-electron chi connectivity index (χ1n) is 6.71. The van der Waals surface area contributed by atoms with Crippen LogP contribution in [0.4, 0.5) is 0 Å². The van der Waals surface area contributed by atoms with Crippen molar-refractivity contribution in [2.75, 3.05) is 6.54 Å². The molecule has 19 heavy (non-hydrogen) atoms. The van der Waals surface area contributed by atoms with Crippen molar-refractivity contribution in [1.82, 2.24) is 9.88 Å². The van der Waals surface area contributed by atoms with Gasteiger partial charge in [0.15, 0.2) is 0 Å². The molecule has 0 aromatic carbocycles. The maximum atomic E-state index is 12.4. The normalized spacial score (nSPS) is 19.1. The third-order valence-electron chi connectivity index (χ3n) is 3.46. The number of thiazole rings is 1. The van der Waals surface area contributed by atoms with E-state index in [0.717, 1.165) is 37.2 Å². The van der Waals surface area contributed by atoms with Gasteiger partial charge < -0.3 is 10.6 Å². The van der Waals surface area contributed by atoms with Gasteiger partial charge in [-0.05, 0) is 25.7 Å². The predicted octanol–water partition coefficient (Wildman–Crippen LogP) is 2.82. The fourth-order valence-electron chi connectivity index (χ4n) is 2.55. The van der Waals surface area contributed by atoms with E-state index in [4.69, 9.17) is 5.73 Å². The van der Waals surface area contributed by atoms with Gasteiger partial charge >= 0.3 is 0 Å². The molecule has 2 heterocycles. The van der Waals surface area contributed by atoms with E-state index < -0.39 is 0 Å². The van der Waals surface area contributed by atoms with E-state index in [9.17, 15) is 4.79 Å². The highest BCUT2D eigenvalue weighted by molar-refractivity contribution is 7.09. The summed E-state index contributed by atoms with van der Waals surface area (Å²) >= 11 is 1.47. The molecule has 108 valence electrons. The molecule has 1 saturated heterocycles. The molecule has 2 rings (SSSR count). The minimum atomic E-state index is 0. The summed E-state index contributed by atoms with van der Waals surface area (Å²) < 4.78 is 0. The van der Waals surface area contributed by atoms with Crippen molar-refractivity contribution in [2.45, 2.75) is 51.6 Å². The number of hydrogen-bond donors (Lipinski definition) is 1. The molecule has 0 bridgehead atoms. The number of carbonyl (C=O) groups is 1. The number of rotatable bonds is 4. The van der Waals surface area contributed by atoms with Crippen LogP contribution in [0.1, 0.15) is 54.5 Å². The van der Waals surface area contributed by atoms with Gasteiger partial charge in [-0.15, -0.1) is 23.7 Å². The van der Waals surface area contributed by atoms with Crippen molar-refractivity contribution < 1.29 is 4.79 Å². The summed E-state index contributed by atoms with van der Waals surface area (Å²) in [5.41, 5.74) is 6.11. The van der Waals surface area contributed by atoms with Crippen LogP contribution in [0.25, 0.3) is 0 Å². The van der Waals surface area contributed by atoms with Crippen LogP contribution in [-0.4, -0.2) is 28.4 Å². The second kappa shape index (κ2) is 7.82. The fraction of sp³-hybridized carbons (Fsp3) is 0.692. The Hall–Kier alpha value is -0.650. The lowest BCUT2D eigenvalue weighted by molar-refractivity contribution is 0.0595. The second-order valence-corrected chi connectivity index (χ2v) is 5.71. The SMILES string of the molecule is CCCC1CCCCN1C(=O)c1csc(CN)n1.Cl. The van der Waals surface area contributed by atoms with E-state index in [2.05, 4.69) is 11.9 Å². The van der Waals surface area contributed by atoms with Crippen molar-refractivity contribution in [3.05, 3.63) is 16.1 Å². The maximum absolute atomic E-state index is 12.4. The van der Waals surface area contributed by atoms with Crippen molar-refractivity contribution in [3.8, 4) is 0 Å². The molecule has 0 spiro atoms. The van der Waals surface area contributed by atoms with Crippen LogP contribution in [-0.2, 0) is 6.54 Å². The summed E-state index contributed by atoms with van der Waals surface area (Å²) in [6.45, 7) is 3.46. The first-order valence-corrected chi connectivity index (χ1v) is 7.59. The van der Waals surface area contributed by atoms with Crippen LogP contribution in [0, 0.1) is 0 Å². The number of nitrogens with two attached hydrogens (primary N) is 1. The molecule has 1 fully saturated rings. The van der Waals surface area contributed by atoms with Crippen LogP contribution < -0.4 is 5.73 Å². The van der Waals surface area contributed by atoms with Gasteiger partial charge in [0.05, 0.1) is 0 Å². The van der Waals surface area contributed by atoms with Crippen LogP contribution >= 0.6 is 23.7 Å². The number of likely N-dealkylation sites (tertiary alicyclic amines) is 1. The summed E-state index contributed by atoms with van der Waals surface area (Å²) in [7, 11) is 0. The predicted molar refractivity (Wildman–Crippen MR) is 80.8 cm³/mol. The standard InChI is InChI=1S/C13H21N3OS.ClH/c1-2-5-10-6-3-4-7-16(10)13(17)11-9-18-12(8-14)15-11;/h9-10H,2-8,14H2,1H3;1H. The Morgan fingerprint density at radius 1 is 1.58 bits per heavy atom. The lowest BCUT2D eigenvalue weighted by atomic mass is 9.98. The van der Waals surface area contributed by atoms with E-state index in [1.165, 1.54) is 17.8 Å². The Labute approximate surface area is 124 Å². The monoisotopic (exact) mass is 303 g/mol. The molecule has 0 aliphatic carbocycles. The second-order valence-electron chi connectivity index (χ2n) is 4.77. The van der Waals surface area contributed by atoms with E-state index in [1.807, 2.05) is 10.3 Å². The third-order valence-corrected chi connectivity index (χ3v) is 4.33. The molecule has 0 radical (unpaired) electrons. The molecule has 6 heteroatoms. The highest BCUT2D eigenvalue weighted by Crippen LogP contribution is 2.23. The molecule has 1 aliphatic heterocycles. The molecule has 1 atom stereocenters. The van der Waals surface area contributed by atoms with Gasteiger partial charge in [-0.1, -0.05) is 13.3 Å². The lowest BCUT2D eigenvalue weighted by Gasteiger charge is -2.35. The van der Waals surface area contributed by atoms with Gasteiger partial charge in [-0.2, -0.15) is 0 Å². The summed E-state index contributed by atoms with van der Waals surface area (Å²) in [5, 5.41) is 2.67. The highest BCUT2D eigenvalue weighted by atomic mass is 35.5. The van der Waals surface area contributed by atoms with Crippen LogP contribution in [0.3, 0.4) is 0 Å². The van der Waals surface area contributed by atoms with E-state index in [-0.39, 0.29) is 18.3 Å². The summed E-state index contributed by atoms with van der Waals surface area (Å²) in [6.07, 6.45) is 5.70. The number of nitrogens with zero attached hydrogens (tertiary/aromatic N) is 2. The van der Waals surface area contributed by atoms with E-state index in [1.54, 1.807) is 0 Å². The van der Waals surface area contributed by atoms with Gasteiger partial charge in [-0.3, -0.25) is 4.79 Å². The first kappa shape index (κ1) is 16.4. The van der Waals surface area contributed by atoms with Crippen LogP contribution in [0.2, 0.25) is 0 Å². The third kappa shape index (κ3) is 3.91. The molecule has 4 nitrogen and oxygen atoms in total. The Morgan fingerprint density at radius 2 is 2.37 bits per heavy atom. The molecule has 2 N–H and O–H groups in total. The molecule has 1 aromatic heterocycles. The number of aromatic nitrogens is 1. The molecule has 1 unspecified atom stereocenters. The Kier molecular flexibility index (Phi) is 6.75. The van der Waals surface area contributed by atoms with Gasteiger partial charge in [0.2, 0.25) is 0 Å². The molecule has 0 saturated carbocycles. The molecule has 1 aliphatic rings. The zero-order chi connectivity index (χ0) is 13.0. The fourth-order valence-corrected chi connectivity index (χ4v) is 3.20. The quantitative estimate of drug-likeness (QED) is 0.930. The molecular weight excluding hydrogens is 282 g/mol. The zero-order valence-electron chi connectivity index (χ0n) is 11.3. The van der Waals surface area contributed by atoms with Gasteiger partial charge in [-0.25, -0.2) is 4.98 Å². The van der Waals surface area contributed by atoms with Crippen LogP contribution in [0.5, 0.6) is 0 Å². The lowest BCUT2D eigenvalue weighted by Crippen LogP contribution is -2.43. The minimum Gasteiger partial charge on any atom is -0.334 e. The number of carbonyl (C=O) groups excluding carboxylic acids is 1. The van der Waals surface area contributed by atoms with E-state index in [0.29, 0.717) is 18.3 Å². The highest BCUT2D eigenvalue weighted by Gasteiger charge is 2.27. The van der Waals surface area contributed by atoms with Gasteiger partial charge in [0.25, 0.3) is 5.91 Å². The number of hydrogen-bond acceptors (Lipinski definition) is 4. The summed E-state index contributed by atoms with van der Waals surface area (Å²) in [4.78, 5) is 18.8. The average Bonchev–Trinajstić information content (AvgIpc) is 2.88. The Morgan fingerprint density at radius 3 is 3.00 bits per heavy atom. The minimum absolute atomic E-state index is 0. The number of piperidine rings is 1. The first-order chi connectivity index (χ1) is 8.76. The average molecular weight is 304 g/mol. The molecular formula is C13H22ClN3OS. The van der Waals surface area contributed by atoms with Crippen molar-refractivity contribution in [3.63, 3.8) is 0 Å². The molecule has 1 aromatic rings. The van der Waals surface area contributed by atoms with Gasteiger partial charge in [0, 0.05) is 24.5 Å². The smallest absolute Gasteiger partial charge is 0.273 e.